The summed E-state index contributed by atoms with van der Waals surface area (Å²) in [6.45, 7) is 6.56. The third-order valence-electron chi connectivity index (χ3n) is 5.21. The maximum absolute atomic E-state index is 12.7. The highest BCUT2D eigenvalue weighted by molar-refractivity contribution is 6.03. The molecule has 2 heterocycles. The summed E-state index contributed by atoms with van der Waals surface area (Å²) in [6, 6.07) is 15.8. The summed E-state index contributed by atoms with van der Waals surface area (Å²) in [5, 5.41) is 7.47. The van der Waals surface area contributed by atoms with Crippen LogP contribution < -0.4 is 10.6 Å². The summed E-state index contributed by atoms with van der Waals surface area (Å²) in [7, 11) is 0. The number of hydrogen-bond acceptors (Lipinski definition) is 4. The van der Waals surface area contributed by atoms with Gasteiger partial charge in [0, 0.05) is 35.4 Å². The molecule has 2 aromatic heterocycles. The Kier molecular flexibility index (Phi) is 5.48. The van der Waals surface area contributed by atoms with Gasteiger partial charge in [-0.05, 0) is 62.1 Å². The molecule has 4 rings (SSSR count). The van der Waals surface area contributed by atoms with Crippen LogP contribution in [-0.4, -0.2) is 27.4 Å². The number of aromatic nitrogens is 3. The molecular formula is C24H25N5O. The molecule has 2 aromatic carbocycles. The average molecular weight is 399 g/mol. The lowest BCUT2D eigenvalue weighted by molar-refractivity contribution is 0.102. The second-order valence-corrected chi connectivity index (χ2v) is 7.48. The van der Waals surface area contributed by atoms with Crippen molar-refractivity contribution in [3.8, 4) is 0 Å². The summed E-state index contributed by atoms with van der Waals surface area (Å²) in [5.41, 5.74) is 5.80. The Morgan fingerprint density at radius 1 is 1.00 bits per heavy atom. The number of nitrogens with one attached hydrogen (secondary N) is 3. The Balaban J connectivity index is 1.43. The molecule has 3 N–H and O–H groups in total. The Hall–Kier alpha value is -3.67. The van der Waals surface area contributed by atoms with Gasteiger partial charge in [0.25, 0.3) is 5.91 Å². The van der Waals surface area contributed by atoms with Crippen molar-refractivity contribution in [3.63, 3.8) is 0 Å². The number of amides is 1. The molecule has 6 heteroatoms. The van der Waals surface area contributed by atoms with E-state index in [4.69, 9.17) is 0 Å². The number of carbonyl (C=O) groups is 1. The Morgan fingerprint density at radius 3 is 2.67 bits per heavy atom. The third-order valence-corrected chi connectivity index (χ3v) is 5.21. The highest BCUT2D eigenvalue weighted by atomic mass is 16.1. The maximum atomic E-state index is 12.7. The van der Waals surface area contributed by atoms with E-state index in [2.05, 4.69) is 37.7 Å². The Bertz CT molecular complexity index is 1210. The van der Waals surface area contributed by atoms with Gasteiger partial charge in [0.05, 0.1) is 0 Å². The van der Waals surface area contributed by atoms with E-state index in [1.807, 2.05) is 50.4 Å². The van der Waals surface area contributed by atoms with Gasteiger partial charge in [-0.25, -0.2) is 9.97 Å². The van der Waals surface area contributed by atoms with Gasteiger partial charge >= 0.3 is 0 Å². The molecule has 0 fully saturated rings. The van der Waals surface area contributed by atoms with Gasteiger partial charge in [0.15, 0.2) is 0 Å². The number of nitrogens with zero attached hydrogens (tertiary/aromatic N) is 2. The van der Waals surface area contributed by atoms with Gasteiger partial charge in [-0.2, -0.15) is 0 Å². The standard InChI is InChI=1S/C24H25N5O/c1-15-8-9-19(12-16(15)2)29-24(30)22-13-23(28-17(3)27-22)25-11-10-18-14-26-21-7-5-4-6-20(18)21/h4-9,12-14,26H,10-11H2,1-3H3,(H,29,30)(H,25,27,28). The normalized spacial score (nSPS) is 10.9. The van der Waals surface area contributed by atoms with Crippen LogP contribution in [0.5, 0.6) is 0 Å². The van der Waals surface area contributed by atoms with Crippen LogP contribution in [0.15, 0.2) is 54.7 Å². The van der Waals surface area contributed by atoms with E-state index in [1.165, 1.54) is 16.5 Å². The molecule has 0 aliphatic heterocycles. The van der Waals surface area contributed by atoms with E-state index >= 15 is 0 Å². The number of carbonyl (C=O) groups excluding carboxylic acids is 1. The van der Waals surface area contributed by atoms with Crippen LogP contribution in [0, 0.1) is 20.8 Å². The van der Waals surface area contributed by atoms with Crippen molar-refractivity contribution in [1.29, 1.82) is 0 Å². The zero-order valence-corrected chi connectivity index (χ0v) is 17.4. The molecule has 4 aromatic rings. The second-order valence-electron chi connectivity index (χ2n) is 7.48. The minimum Gasteiger partial charge on any atom is -0.370 e. The van der Waals surface area contributed by atoms with Crippen LogP contribution >= 0.6 is 0 Å². The van der Waals surface area contributed by atoms with Gasteiger partial charge in [0.2, 0.25) is 0 Å². The van der Waals surface area contributed by atoms with E-state index < -0.39 is 0 Å². The van der Waals surface area contributed by atoms with Crippen LogP contribution in [0.2, 0.25) is 0 Å². The first kappa shape index (κ1) is 19.6. The van der Waals surface area contributed by atoms with Gasteiger partial charge in [-0.3, -0.25) is 4.79 Å². The lowest BCUT2D eigenvalue weighted by Crippen LogP contribution is -2.16. The summed E-state index contributed by atoms with van der Waals surface area (Å²) in [6.07, 6.45) is 2.89. The molecule has 0 aliphatic rings. The number of benzene rings is 2. The maximum Gasteiger partial charge on any atom is 0.274 e. The van der Waals surface area contributed by atoms with Gasteiger partial charge in [0.1, 0.15) is 17.3 Å². The van der Waals surface area contributed by atoms with Crippen molar-refractivity contribution in [2.45, 2.75) is 27.2 Å². The van der Waals surface area contributed by atoms with Gasteiger partial charge in [-0.15, -0.1) is 0 Å². The highest BCUT2D eigenvalue weighted by Crippen LogP contribution is 2.19. The molecule has 6 nitrogen and oxygen atoms in total. The van der Waals surface area contributed by atoms with Gasteiger partial charge in [-0.1, -0.05) is 24.3 Å². The fourth-order valence-corrected chi connectivity index (χ4v) is 3.45. The number of anilines is 2. The summed E-state index contributed by atoms with van der Waals surface area (Å²) in [4.78, 5) is 24.7. The van der Waals surface area contributed by atoms with Crippen molar-refractivity contribution in [1.82, 2.24) is 15.0 Å². The van der Waals surface area contributed by atoms with Crippen LogP contribution in [0.3, 0.4) is 0 Å². The fraction of sp³-hybridized carbons (Fsp3) is 0.208. The molecule has 0 saturated carbocycles. The van der Waals surface area contributed by atoms with Crippen molar-refractivity contribution in [3.05, 3.63) is 82.9 Å². The van der Waals surface area contributed by atoms with Crippen LogP contribution in [0.25, 0.3) is 10.9 Å². The molecule has 1 amide bonds. The summed E-state index contributed by atoms with van der Waals surface area (Å²) >= 11 is 0. The lowest BCUT2D eigenvalue weighted by atomic mass is 10.1. The molecule has 0 aliphatic carbocycles. The molecule has 0 radical (unpaired) electrons. The van der Waals surface area contributed by atoms with Crippen LogP contribution in [-0.2, 0) is 6.42 Å². The molecule has 0 atom stereocenters. The van der Waals surface area contributed by atoms with E-state index in [0.717, 1.165) is 23.2 Å². The average Bonchev–Trinajstić information content (AvgIpc) is 3.13. The minimum absolute atomic E-state index is 0.247. The SMILES string of the molecule is Cc1nc(NCCc2c[nH]c3ccccc23)cc(C(=O)Nc2ccc(C)c(C)c2)n1. The smallest absolute Gasteiger partial charge is 0.274 e. The number of aromatic amines is 1. The molecule has 0 bridgehead atoms. The number of para-hydroxylation sites is 1. The zero-order valence-electron chi connectivity index (χ0n) is 17.4. The lowest BCUT2D eigenvalue weighted by Gasteiger charge is -2.10. The Labute approximate surface area is 175 Å². The van der Waals surface area contributed by atoms with Crippen LogP contribution in [0.4, 0.5) is 11.5 Å². The van der Waals surface area contributed by atoms with E-state index in [-0.39, 0.29) is 5.91 Å². The zero-order chi connectivity index (χ0) is 21.1. The largest absolute Gasteiger partial charge is 0.370 e. The molecule has 30 heavy (non-hydrogen) atoms. The first-order valence-electron chi connectivity index (χ1n) is 10.0. The quantitative estimate of drug-likeness (QED) is 0.435. The minimum atomic E-state index is -0.247. The molecular weight excluding hydrogens is 374 g/mol. The molecule has 0 saturated heterocycles. The predicted molar refractivity (Wildman–Crippen MR) is 121 cm³/mol. The summed E-state index contributed by atoms with van der Waals surface area (Å²) < 4.78 is 0. The highest BCUT2D eigenvalue weighted by Gasteiger charge is 2.12. The number of hydrogen-bond donors (Lipinski definition) is 3. The van der Waals surface area contributed by atoms with E-state index in [9.17, 15) is 4.79 Å². The summed E-state index contributed by atoms with van der Waals surface area (Å²) in [5.74, 6) is 0.952. The molecule has 0 spiro atoms. The first-order valence-corrected chi connectivity index (χ1v) is 10.0. The fourth-order valence-electron chi connectivity index (χ4n) is 3.45. The first-order chi connectivity index (χ1) is 14.5. The van der Waals surface area contributed by atoms with E-state index in [1.54, 1.807) is 13.0 Å². The third kappa shape index (κ3) is 4.33. The van der Waals surface area contributed by atoms with Crippen molar-refractivity contribution >= 4 is 28.3 Å². The van der Waals surface area contributed by atoms with E-state index in [0.29, 0.717) is 23.9 Å². The Morgan fingerprint density at radius 2 is 1.83 bits per heavy atom. The monoisotopic (exact) mass is 399 g/mol. The molecule has 0 unspecified atom stereocenters. The number of fused-ring (bicyclic) bond motifs is 1. The van der Waals surface area contributed by atoms with Gasteiger partial charge < -0.3 is 15.6 Å². The van der Waals surface area contributed by atoms with Crippen molar-refractivity contribution in [2.75, 3.05) is 17.2 Å². The topological polar surface area (TPSA) is 82.7 Å². The predicted octanol–water partition coefficient (Wildman–Crippen LogP) is 4.79. The van der Waals surface area contributed by atoms with Crippen LogP contribution in [0.1, 0.15) is 33.0 Å². The van der Waals surface area contributed by atoms with Crippen molar-refractivity contribution < 1.29 is 4.79 Å². The number of H-pyrrole nitrogens is 1. The number of rotatable bonds is 6. The van der Waals surface area contributed by atoms with Crippen molar-refractivity contribution in [2.24, 2.45) is 0 Å². The number of aryl methyl sites for hydroxylation is 3. The second kappa shape index (κ2) is 8.37. The molecule has 152 valence electrons.